The van der Waals surface area contributed by atoms with Crippen LogP contribution in [0.1, 0.15) is 47.5 Å². The summed E-state index contributed by atoms with van der Waals surface area (Å²) < 4.78 is 1.96. The number of benzene rings is 1. The summed E-state index contributed by atoms with van der Waals surface area (Å²) in [5.74, 6) is 1.30. The van der Waals surface area contributed by atoms with Gasteiger partial charge in [0.05, 0.1) is 11.4 Å². The molecule has 148 valence electrons. The van der Waals surface area contributed by atoms with E-state index in [0.717, 1.165) is 40.9 Å². The minimum Gasteiger partial charge on any atom is -0.351 e. The standard InChI is InChI=1S/C19H22ClN5OS2/c1-3-4-5-9-21-18(26)16-11-27-17(22-16)12-28-19-24-23-13(2)25(19)15-8-6-7-14(20)10-15/h6-8,10-11H,3-5,9,12H2,1-2H3,(H,21,26). The summed E-state index contributed by atoms with van der Waals surface area (Å²) in [5.41, 5.74) is 1.40. The molecule has 0 aliphatic carbocycles. The first kappa shape index (κ1) is 20.8. The van der Waals surface area contributed by atoms with Gasteiger partial charge >= 0.3 is 0 Å². The van der Waals surface area contributed by atoms with E-state index in [0.29, 0.717) is 23.0 Å². The normalized spacial score (nSPS) is 11.0. The Morgan fingerprint density at radius 1 is 1.32 bits per heavy atom. The average Bonchev–Trinajstić information content (AvgIpc) is 3.30. The van der Waals surface area contributed by atoms with Crippen LogP contribution in [0.5, 0.6) is 0 Å². The second-order valence-electron chi connectivity index (χ2n) is 6.22. The molecule has 6 nitrogen and oxygen atoms in total. The smallest absolute Gasteiger partial charge is 0.270 e. The topological polar surface area (TPSA) is 72.7 Å². The Balaban J connectivity index is 1.63. The second kappa shape index (κ2) is 10.0. The zero-order chi connectivity index (χ0) is 19.9. The highest BCUT2D eigenvalue weighted by atomic mass is 35.5. The molecule has 28 heavy (non-hydrogen) atoms. The number of nitrogens with one attached hydrogen (secondary N) is 1. The number of aryl methyl sites for hydroxylation is 1. The van der Waals surface area contributed by atoms with Crippen molar-refractivity contribution in [2.75, 3.05) is 6.54 Å². The molecule has 0 radical (unpaired) electrons. The number of thioether (sulfide) groups is 1. The Hall–Kier alpha value is -1.90. The summed E-state index contributed by atoms with van der Waals surface area (Å²) in [4.78, 5) is 16.6. The molecule has 0 spiro atoms. The monoisotopic (exact) mass is 435 g/mol. The third kappa shape index (κ3) is 5.33. The molecule has 1 N–H and O–H groups in total. The van der Waals surface area contributed by atoms with Gasteiger partial charge in [0.15, 0.2) is 5.16 Å². The van der Waals surface area contributed by atoms with E-state index in [9.17, 15) is 4.79 Å². The first-order chi connectivity index (χ1) is 13.6. The molecular weight excluding hydrogens is 414 g/mol. The highest BCUT2D eigenvalue weighted by Gasteiger charge is 2.14. The van der Waals surface area contributed by atoms with E-state index in [-0.39, 0.29) is 5.91 Å². The Bertz CT molecular complexity index is 940. The molecule has 0 fully saturated rings. The predicted molar refractivity (Wildman–Crippen MR) is 115 cm³/mol. The number of halogens is 1. The predicted octanol–water partition coefficient (Wildman–Crippen LogP) is 4.90. The maximum absolute atomic E-state index is 12.2. The van der Waals surface area contributed by atoms with Crippen molar-refractivity contribution in [1.82, 2.24) is 25.1 Å². The van der Waals surface area contributed by atoms with Crippen LogP contribution in [0.2, 0.25) is 5.02 Å². The van der Waals surface area contributed by atoms with E-state index in [1.54, 1.807) is 5.38 Å². The summed E-state index contributed by atoms with van der Waals surface area (Å²) in [5, 5.41) is 15.5. The molecule has 0 saturated heterocycles. The van der Waals surface area contributed by atoms with Crippen molar-refractivity contribution in [2.24, 2.45) is 0 Å². The molecular formula is C19H22ClN5OS2. The number of nitrogens with zero attached hydrogens (tertiary/aromatic N) is 4. The van der Waals surface area contributed by atoms with Gasteiger partial charge < -0.3 is 5.32 Å². The lowest BCUT2D eigenvalue weighted by Crippen LogP contribution is -2.24. The fourth-order valence-corrected chi connectivity index (χ4v) is 4.60. The fraction of sp³-hybridized carbons (Fsp3) is 0.368. The van der Waals surface area contributed by atoms with Gasteiger partial charge in [0, 0.05) is 16.9 Å². The number of amides is 1. The van der Waals surface area contributed by atoms with Crippen LogP contribution in [0, 0.1) is 6.92 Å². The first-order valence-corrected chi connectivity index (χ1v) is 11.4. The number of hydrogen-bond donors (Lipinski definition) is 1. The van der Waals surface area contributed by atoms with Gasteiger partial charge in [0.25, 0.3) is 5.91 Å². The van der Waals surface area contributed by atoms with Crippen molar-refractivity contribution in [3.8, 4) is 5.69 Å². The molecule has 0 atom stereocenters. The third-order valence-electron chi connectivity index (χ3n) is 4.04. The quantitative estimate of drug-likeness (QED) is 0.382. The molecule has 2 aromatic heterocycles. The van der Waals surface area contributed by atoms with Gasteiger partial charge in [0.2, 0.25) is 0 Å². The maximum atomic E-state index is 12.2. The second-order valence-corrected chi connectivity index (χ2v) is 8.54. The summed E-state index contributed by atoms with van der Waals surface area (Å²) in [6.45, 7) is 4.74. The maximum Gasteiger partial charge on any atom is 0.270 e. The number of unbranched alkanes of at least 4 members (excludes halogenated alkanes) is 2. The van der Waals surface area contributed by atoms with Crippen molar-refractivity contribution in [1.29, 1.82) is 0 Å². The first-order valence-electron chi connectivity index (χ1n) is 9.12. The summed E-state index contributed by atoms with van der Waals surface area (Å²) >= 11 is 9.13. The Labute approximate surface area is 177 Å². The number of thiazole rings is 1. The summed E-state index contributed by atoms with van der Waals surface area (Å²) in [6.07, 6.45) is 3.24. The minimum atomic E-state index is -0.110. The van der Waals surface area contributed by atoms with Gasteiger partial charge in [-0.05, 0) is 31.5 Å². The molecule has 0 saturated carbocycles. The van der Waals surface area contributed by atoms with Gasteiger partial charge in [-0.2, -0.15) is 0 Å². The van der Waals surface area contributed by atoms with Crippen LogP contribution < -0.4 is 5.32 Å². The highest BCUT2D eigenvalue weighted by molar-refractivity contribution is 7.98. The molecule has 0 aliphatic heterocycles. The van der Waals surface area contributed by atoms with E-state index in [2.05, 4.69) is 27.4 Å². The largest absolute Gasteiger partial charge is 0.351 e. The highest BCUT2D eigenvalue weighted by Crippen LogP contribution is 2.27. The van der Waals surface area contributed by atoms with Gasteiger partial charge in [-0.25, -0.2) is 4.98 Å². The fourth-order valence-electron chi connectivity index (χ4n) is 2.62. The third-order valence-corrected chi connectivity index (χ3v) is 6.24. The van der Waals surface area contributed by atoms with Gasteiger partial charge in [0.1, 0.15) is 16.5 Å². The van der Waals surface area contributed by atoms with Crippen molar-refractivity contribution in [3.63, 3.8) is 0 Å². The van der Waals surface area contributed by atoms with Crippen LogP contribution in [0.25, 0.3) is 5.69 Å². The van der Waals surface area contributed by atoms with E-state index in [1.165, 1.54) is 23.1 Å². The lowest BCUT2D eigenvalue weighted by molar-refractivity contribution is 0.0948. The zero-order valence-corrected chi connectivity index (χ0v) is 18.2. The minimum absolute atomic E-state index is 0.110. The van der Waals surface area contributed by atoms with Crippen LogP contribution in [0.3, 0.4) is 0 Å². The molecule has 0 aliphatic rings. The molecule has 0 bridgehead atoms. The van der Waals surface area contributed by atoms with Crippen molar-refractivity contribution in [2.45, 2.75) is 44.0 Å². The molecule has 3 rings (SSSR count). The van der Waals surface area contributed by atoms with Crippen LogP contribution >= 0.6 is 34.7 Å². The van der Waals surface area contributed by atoms with E-state index < -0.39 is 0 Å². The van der Waals surface area contributed by atoms with Crippen molar-refractivity contribution < 1.29 is 4.79 Å². The van der Waals surface area contributed by atoms with Crippen LogP contribution in [0.4, 0.5) is 0 Å². The van der Waals surface area contributed by atoms with Gasteiger partial charge in [-0.1, -0.05) is 49.2 Å². The molecule has 1 aromatic carbocycles. The van der Waals surface area contributed by atoms with E-state index >= 15 is 0 Å². The van der Waals surface area contributed by atoms with Crippen molar-refractivity contribution >= 4 is 40.6 Å². The van der Waals surface area contributed by atoms with E-state index in [1.807, 2.05) is 35.8 Å². The Kier molecular flexibility index (Phi) is 7.47. The summed E-state index contributed by atoms with van der Waals surface area (Å²) in [7, 11) is 0. The number of carbonyl (C=O) groups excluding carboxylic acids is 1. The molecule has 2 heterocycles. The molecule has 0 unspecified atom stereocenters. The number of hydrogen-bond acceptors (Lipinski definition) is 6. The Morgan fingerprint density at radius 3 is 2.96 bits per heavy atom. The zero-order valence-electron chi connectivity index (χ0n) is 15.8. The molecule has 3 aromatic rings. The van der Waals surface area contributed by atoms with Crippen LogP contribution in [-0.2, 0) is 5.75 Å². The van der Waals surface area contributed by atoms with Gasteiger partial charge in [-0.3, -0.25) is 9.36 Å². The molecule has 1 amide bonds. The van der Waals surface area contributed by atoms with Crippen molar-refractivity contribution in [3.05, 3.63) is 51.2 Å². The van der Waals surface area contributed by atoms with Crippen LogP contribution in [0.15, 0.2) is 34.8 Å². The Morgan fingerprint density at radius 2 is 2.18 bits per heavy atom. The van der Waals surface area contributed by atoms with Gasteiger partial charge in [-0.15, -0.1) is 21.5 Å². The van der Waals surface area contributed by atoms with Crippen LogP contribution in [-0.4, -0.2) is 32.2 Å². The SMILES string of the molecule is CCCCCNC(=O)c1csc(CSc2nnc(C)n2-c2cccc(Cl)c2)n1. The van der Waals surface area contributed by atoms with E-state index in [4.69, 9.17) is 11.6 Å². The number of carbonyl (C=O) groups is 1. The lowest BCUT2D eigenvalue weighted by atomic mass is 10.2. The average molecular weight is 436 g/mol. The summed E-state index contributed by atoms with van der Waals surface area (Å²) in [6, 6.07) is 7.59. The molecule has 9 heteroatoms. The lowest BCUT2D eigenvalue weighted by Gasteiger charge is -2.08. The number of rotatable bonds is 9. The number of aromatic nitrogens is 4.